The van der Waals surface area contributed by atoms with Crippen LogP contribution in [0.1, 0.15) is 12.0 Å². The van der Waals surface area contributed by atoms with Crippen molar-refractivity contribution < 1.29 is 14.3 Å². The van der Waals surface area contributed by atoms with E-state index in [2.05, 4.69) is 27.6 Å². The van der Waals surface area contributed by atoms with Crippen molar-refractivity contribution in [3.05, 3.63) is 60.2 Å². The molecule has 1 N–H and O–H groups in total. The number of benzene rings is 2. The Hall–Kier alpha value is -2.91. The van der Waals surface area contributed by atoms with E-state index in [0.717, 1.165) is 10.1 Å². The first-order chi connectivity index (χ1) is 14.2. The summed E-state index contributed by atoms with van der Waals surface area (Å²) in [6.07, 6.45) is 0.159. The van der Waals surface area contributed by atoms with Crippen molar-refractivity contribution in [1.29, 1.82) is 0 Å². The van der Waals surface area contributed by atoms with Gasteiger partial charge >= 0.3 is 0 Å². The van der Waals surface area contributed by atoms with E-state index >= 15 is 0 Å². The lowest BCUT2D eigenvalue weighted by atomic mass is 10.2. The monoisotopic (exact) mass is 426 g/mol. The van der Waals surface area contributed by atoms with Crippen molar-refractivity contribution >= 4 is 45.7 Å². The summed E-state index contributed by atoms with van der Waals surface area (Å²) in [5.41, 5.74) is 1.89. The number of para-hydroxylation sites is 2. The van der Waals surface area contributed by atoms with Crippen LogP contribution in [0.25, 0.3) is 0 Å². The minimum Gasteiger partial charge on any atom is -0.482 e. The summed E-state index contributed by atoms with van der Waals surface area (Å²) in [4.78, 5) is 26.1. The molecule has 1 aliphatic rings. The number of rotatable bonds is 7. The molecule has 3 aromatic rings. The van der Waals surface area contributed by atoms with Crippen molar-refractivity contribution in [2.24, 2.45) is 0 Å². The average Bonchev–Trinajstić information content (AvgIpc) is 3.19. The zero-order chi connectivity index (χ0) is 20.1. The number of nitrogens with zero attached hydrogens (tertiary/aromatic N) is 3. The topological polar surface area (TPSA) is 84.4 Å². The molecular formula is C20H18N4O3S2. The number of aromatic nitrogens is 2. The van der Waals surface area contributed by atoms with Crippen LogP contribution in [0.2, 0.25) is 0 Å². The van der Waals surface area contributed by atoms with E-state index in [4.69, 9.17) is 4.74 Å². The van der Waals surface area contributed by atoms with Gasteiger partial charge in [-0.05, 0) is 17.7 Å². The first-order valence-electron chi connectivity index (χ1n) is 9.01. The quantitative estimate of drug-likeness (QED) is 0.459. The van der Waals surface area contributed by atoms with Crippen LogP contribution in [0.15, 0.2) is 58.9 Å². The molecule has 29 heavy (non-hydrogen) atoms. The Kier molecular flexibility index (Phi) is 6.06. The van der Waals surface area contributed by atoms with E-state index in [1.807, 2.05) is 42.5 Å². The van der Waals surface area contributed by atoms with E-state index in [-0.39, 0.29) is 31.4 Å². The molecule has 2 amide bonds. The molecule has 2 aromatic carbocycles. The minimum absolute atomic E-state index is 0.0168. The number of ether oxygens (including phenoxy) is 1. The molecule has 2 heterocycles. The van der Waals surface area contributed by atoms with E-state index < -0.39 is 0 Å². The number of hydrogen-bond acceptors (Lipinski definition) is 7. The summed E-state index contributed by atoms with van der Waals surface area (Å²) in [6, 6.07) is 17.4. The molecule has 7 nitrogen and oxygen atoms in total. The fraction of sp³-hybridized carbons (Fsp3) is 0.200. The number of nitrogens with one attached hydrogen (secondary N) is 1. The molecule has 0 saturated heterocycles. The number of fused-ring (bicyclic) bond motifs is 1. The van der Waals surface area contributed by atoms with E-state index in [9.17, 15) is 9.59 Å². The smallest absolute Gasteiger partial charge is 0.265 e. The van der Waals surface area contributed by atoms with Crippen LogP contribution in [-0.2, 0) is 15.3 Å². The van der Waals surface area contributed by atoms with Crippen molar-refractivity contribution in [1.82, 2.24) is 10.2 Å². The molecule has 4 rings (SSSR count). The molecule has 0 spiro atoms. The number of carbonyl (C=O) groups is 2. The van der Waals surface area contributed by atoms with Gasteiger partial charge in [0.15, 0.2) is 10.9 Å². The number of amides is 2. The first kappa shape index (κ1) is 19.4. The zero-order valence-electron chi connectivity index (χ0n) is 15.4. The lowest BCUT2D eigenvalue weighted by Gasteiger charge is -2.29. The second-order valence-corrected chi connectivity index (χ2v) is 8.45. The molecule has 0 atom stereocenters. The van der Waals surface area contributed by atoms with E-state index in [1.54, 1.807) is 16.7 Å². The van der Waals surface area contributed by atoms with Gasteiger partial charge in [-0.3, -0.25) is 9.59 Å². The zero-order valence-corrected chi connectivity index (χ0v) is 17.0. The maximum atomic E-state index is 12.3. The Balaban J connectivity index is 1.29. The molecule has 9 heteroatoms. The molecule has 0 unspecified atom stereocenters. The Labute approximate surface area is 176 Å². The molecule has 1 aromatic heterocycles. The minimum atomic E-state index is -0.211. The van der Waals surface area contributed by atoms with Gasteiger partial charge in [0.2, 0.25) is 11.0 Å². The highest BCUT2D eigenvalue weighted by atomic mass is 32.2. The standard InChI is InChI=1S/C20H18N4O3S2/c25-17(10-11-24-15-8-4-5-9-16(15)27-12-18(24)26)21-19-22-23-20(29-19)28-13-14-6-2-1-3-7-14/h1-9H,10-13H2,(H,21,22,25). The molecule has 0 fully saturated rings. The van der Waals surface area contributed by atoms with Gasteiger partial charge in [-0.1, -0.05) is 65.6 Å². The fourth-order valence-corrected chi connectivity index (χ4v) is 4.56. The first-order valence-corrected chi connectivity index (χ1v) is 10.8. The second kappa shape index (κ2) is 9.06. The lowest BCUT2D eigenvalue weighted by molar-refractivity contribution is -0.121. The summed E-state index contributed by atoms with van der Waals surface area (Å²) >= 11 is 2.92. The van der Waals surface area contributed by atoms with Crippen LogP contribution < -0.4 is 15.0 Å². The number of hydrogen-bond donors (Lipinski definition) is 1. The maximum Gasteiger partial charge on any atom is 0.265 e. The van der Waals surface area contributed by atoms with E-state index in [1.165, 1.54) is 16.9 Å². The third-order valence-corrected chi connectivity index (χ3v) is 6.27. The third kappa shape index (κ3) is 4.93. The molecule has 0 aliphatic carbocycles. The SMILES string of the molecule is O=C(CCN1C(=O)COc2ccccc21)Nc1nnc(SCc2ccccc2)s1. The molecule has 1 aliphatic heterocycles. The highest BCUT2D eigenvalue weighted by Gasteiger charge is 2.25. The summed E-state index contributed by atoms with van der Waals surface area (Å²) in [5, 5.41) is 11.4. The van der Waals surface area contributed by atoms with Crippen LogP contribution in [0, 0.1) is 0 Å². The van der Waals surface area contributed by atoms with Gasteiger partial charge < -0.3 is 15.0 Å². The summed E-state index contributed by atoms with van der Waals surface area (Å²) in [7, 11) is 0. The molecule has 148 valence electrons. The van der Waals surface area contributed by atoms with Gasteiger partial charge in [-0.15, -0.1) is 10.2 Å². The van der Waals surface area contributed by atoms with Gasteiger partial charge in [-0.2, -0.15) is 0 Å². The van der Waals surface area contributed by atoms with Crippen LogP contribution in [0.3, 0.4) is 0 Å². The van der Waals surface area contributed by atoms with Crippen LogP contribution in [0.5, 0.6) is 5.75 Å². The van der Waals surface area contributed by atoms with Crippen LogP contribution >= 0.6 is 23.1 Å². The number of carbonyl (C=O) groups excluding carboxylic acids is 2. The van der Waals surface area contributed by atoms with Gasteiger partial charge in [0.1, 0.15) is 5.75 Å². The largest absolute Gasteiger partial charge is 0.482 e. The van der Waals surface area contributed by atoms with Crippen molar-refractivity contribution in [2.75, 3.05) is 23.4 Å². The fourth-order valence-electron chi connectivity index (χ4n) is 2.83. The predicted octanol–water partition coefficient (Wildman–Crippen LogP) is 3.58. The Morgan fingerprint density at radius 1 is 1.14 bits per heavy atom. The van der Waals surface area contributed by atoms with Gasteiger partial charge in [0.25, 0.3) is 5.91 Å². The van der Waals surface area contributed by atoms with Gasteiger partial charge in [-0.25, -0.2) is 0 Å². The normalized spacial score (nSPS) is 13.0. The molecule has 0 saturated carbocycles. The average molecular weight is 427 g/mol. The van der Waals surface area contributed by atoms with Gasteiger partial charge in [0, 0.05) is 18.7 Å². The Bertz CT molecular complexity index is 1010. The van der Waals surface area contributed by atoms with Crippen molar-refractivity contribution in [3.8, 4) is 5.75 Å². The lowest BCUT2D eigenvalue weighted by Crippen LogP contribution is -2.40. The highest BCUT2D eigenvalue weighted by Crippen LogP contribution is 2.32. The van der Waals surface area contributed by atoms with Crippen molar-refractivity contribution in [2.45, 2.75) is 16.5 Å². The predicted molar refractivity (Wildman–Crippen MR) is 113 cm³/mol. The summed E-state index contributed by atoms with van der Waals surface area (Å²) in [5.74, 6) is 1.07. The summed E-state index contributed by atoms with van der Waals surface area (Å²) in [6.45, 7) is 0.260. The van der Waals surface area contributed by atoms with Crippen molar-refractivity contribution in [3.63, 3.8) is 0 Å². The van der Waals surface area contributed by atoms with Crippen LogP contribution in [0.4, 0.5) is 10.8 Å². The molecular weight excluding hydrogens is 408 g/mol. The summed E-state index contributed by atoms with van der Waals surface area (Å²) < 4.78 is 6.21. The van der Waals surface area contributed by atoms with Gasteiger partial charge in [0.05, 0.1) is 5.69 Å². The molecule has 0 bridgehead atoms. The Morgan fingerprint density at radius 2 is 1.93 bits per heavy atom. The van der Waals surface area contributed by atoms with E-state index in [0.29, 0.717) is 16.6 Å². The number of anilines is 2. The highest BCUT2D eigenvalue weighted by molar-refractivity contribution is 8.00. The second-order valence-electron chi connectivity index (χ2n) is 6.25. The molecule has 0 radical (unpaired) electrons. The maximum absolute atomic E-state index is 12.3. The van der Waals surface area contributed by atoms with Crippen LogP contribution in [-0.4, -0.2) is 35.2 Å². The number of thioether (sulfide) groups is 1. The third-order valence-electron chi connectivity index (χ3n) is 4.23. The Morgan fingerprint density at radius 3 is 2.79 bits per heavy atom.